The van der Waals surface area contributed by atoms with E-state index in [1.807, 2.05) is 12.2 Å². The molecule has 0 aromatic heterocycles. The highest BCUT2D eigenvalue weighted by molar-refractivity contribution is 5.83. The summed E-state index contributed by atoms with van der Waals surface area (Å²) in [5.74, 6) is -0.380. The molecule has 0 saturated carbocycles. The molecule has 0 aliphatic heterocycles. The van der Waals surface area contributed by atoms with Crippen LogP contribution in [0.25, 0.3) is 0 Å². The van der Waals surface area contributed by atoms with Gasteiger partial charge in [0, 0.05) is 12.7 Å². The Kier molecular flexibility index (Phi) is 11.5. The number of ether oxygens (including phenoxy) is 2. The van der Waals surface area contributed by atoms with Crippen LogP contribution in [0, 0.1) is 0 Å². The number of unbranched alkanes of at least 4 members (excludes halogenated alkanes) is 4. The Labute approximate surface area is 184 Å². The van der Waals surface area contributed by atoms with Crippen LogP contribution in [0.3, 0.4) is 0 Å². The van der Waals surface area contributed by atoms with Gasteiger partial charge < -0.3 is 9.47 Å². The van der Waals surface area contributed by atoms with Gasteiger partial charge in [0.25, 0.3) is 0 Å². The Morgan fingerprint density at radius 2 is 1.53 bits per heavy atom. The first-order valence-corrected chi connectivity index (χ1v) is 10.3. The van der Waals surface area contributed by atoms with Gasteiger partial charge in [-0.1, -0.05) is 25.0 Å². The maximum atomic E-state index is 12.8. The number of halogens is 6. The average molecular weight is 466 g/mol. The molecule has 0 atom stereocenters. The normalized spacial score (nSPS) is 13.1. The molecular formula is C23H28F6O3. The second-order valence-electron chi connectivity index (χ2n) is 7.21. The summed E-state index contributed by atoms with van der Waals surface area (Å²) in [6.45, 7) is 3.78. The van der Waals surface area contributed by atoms with Crippen molar-refractivity contribution < 1.29 is 40.6 Å². The number of alkyl halides is 6. The molecule has 0 aliphatic carbocycles. The number of benzene rings is 1. The Balaban J connectivity index is 2.33. The maximum absolute atomic E-state index is 12.8. The molecule has 0 unspecified atom stereocenters. The molecule has 0 radical (unpaired) electrons. The number of rotatable bonds is 12. The topological polar surface area (TPSA) is 35.5 Å². The lowest BCUT2D eigenvalue weighted by atomic mass is 10.1. The monoisotopic (exact) mass is 466 g/mol. The molecule has 32 heavy (non-hydrogen) atoms. The number of esters is 1. The molecule has 0 N–H and O–H groups in total. The lowest BCUT2D eigenvalue weighted by Gasteiger charge is -2.14. The number of allylic oxidation sites excluding steroid dienone is 3. The van der Waals surface area contributed by atoms with Crippen LogP contribution in [0.1, 0.15) is 62.6 Å². The molecule has 0 aliphatic rings. The van der Waals surface area contributed by atoms with Gasteiger partial charge in [-0.2, -0.15) is 26.3 Å². The Morgan fingerprint density at radius 3 is 2.09 bits per heavy atom. The Bertz CT molecular complexity index is 747. The van der Waals surface area contributed by atoms with Crippen molar-refractivity contribution in [2.45, 2.75) is 64.9 Å². The van der Waals surface area contributed by atoms with E-state index in [1.165, 1.54) is 6.08 Å². The van der Waals surface area contributed by atoms with E-state index in [9.17, 15) is 31.1 Å². The van der Waals surface area contributed by atoms with Gasteiger partial charge in [-0.15, -0.1) is 0 Å². The van der Waals surface area contributed by atoms with Crippen LogP contribution in [-0.4, -0.2) is 19.2 Å². The van der Waals surface area contributed by atoms with E-state index in [4.69, 9.17) is 9.47 Å². The fraction of sp³-hybridized carbons (Fsp3) is 0.522. The molecule has 0 heterocycles. The fourth-order valence-electron chi connectivity index (χ4n) is 2.80. The van der Waals surface area contributed by atoms with Gasteiger partial charge in [-0.3, -0.25) is 0 Å². The van der Waals surface area contributed by atoms with Crippen LogP contribution in [0.4, 0.5) is 26.3 Å². The van der Waals surface area contributed by atoms with E-state index in [2.05, 4.69) is 0 Å². The Morgan fingerprint density at radius 1 is 0.938 bits per heavy atom. The first-order chi connectivity index (χ1) is 14.9. The average Bonchev–Trinajstić information content (AvgIpc) is 2.68. The predicted molar refractivity (Wildman–Crippen MR) is 109 cm³/mol. The number of carbonyl (C=O) groups excluding carboxylic acids is 1. The Hall–Kier alpha value is -2.29. The van der Waals surface area contributed by atoms with Gasteiger partial charge >= 0.3 is 18.3 Å². The third kappa shape index (κ3) is 11.4. The third-order valence-electron chi connectivity index (χ3n) is 4.34. The van der Waals surface area contributed by atoms with Crippen molar-refractivity contribution in [1.29, 1.82) is 0 Å². The van der Waals surface area contributed by atoms with E-state index in [0.29, 0.717) is 25.2 Å². The van der Waals surface area contributed by atoms with Gasteiger partial charge in [0.1, 0.15) is 0 Å². The van der Waals surface area contributed by atoms with Crippen LogP contribution in [-0.2, 0) is 33.2 Å². The molecule has 0 fully saturated rings. The number of carbonyl (C=O) groups is 1. The van der Waals surface area contributed by atoms with Crippen molar-refractivity contribution in [3.63, 3.8) is 0 Å². The minimum Gasteiger partial charge on any atom is -0.463 e. The summed E-state index contributed by atoms with van der Waals surface area (Å²) in [6, 6.07) is 1.46. The molecule has 180 valence electrons. The van der Waals surface area contributed by atoms with E-state index < -0.39 is 23.5 Å². The third-order valence-corrected chi connectivity index (χ3v) is 4.34. The maximum Gasteiger partial charge on any atom is 0.416 e. The van der Waals surface area contributed by atoms with Gasteiger partial charge in [-0.05, 0) is 62.4 Å². The zero-order valence-electron chi connectivity index (χ0n) is 18.1. The molecule has 0 amide bonds. The van der Waals surface area contributed by atoms with Crippen LogP contribution in [0.5, 0.6) is 0 Å². The summed E-state index contributed by atoms with van der Waals surface area (Å²) in [4.78, 5) is 11.3. The molecule has 1 aromatic carbocycles. The van der Waals surface area contributed by atoms with Crippen molar-refractivity contribution in [3.8, 4) is 0 Å². The van der Waals surface area contributed by atoms with E-state index >= 15 is 0 Å². The first-order valence-electron chi connectivity index (χ1n) is 10.3. The lowest BCUT2D eigenvalue weighted by molar-refractivity contribution is -0.143. The SMILES string of the molecule is CCOC(=O)C=C(C)C=CCCCCCCOCc1cc(C(F)(F)F)cc(C(F)(F)F)c1. The number of hydrogen-bond acceptors (Lipinski definition) is 3. The molecule has 3 nitrogen and oxygen atoms in total. The fourth-order valence-corrected chi connectivity index (χ4v) is 2.80. The summed E-state index contributed by atoms with van der Waals surface area (Å²) in [6.07, 6.45) is -0.425. The zero-order valence-corrected chi connectivity index (χ0v) is 18.1. The minimum atomic E-state index is -4.86. The molecule has 0 saturated heterocycles. The summed E-state index contributed by atoms with van der Waals surface area (Å²) in [5.41, 5.74) is -2.05. The molecular weight excluding hydrogens is 438 g/mol. The second-order valence-corrected chi connectivity index (χ2v) is 7.21. The largest absolute Gasteiger partial charge is 0.463 e. The standard InChI is InChI=1S/C23H28F6O3/c1-3-32-21(30)12-17(2)10-8-6-4-5-7-9-11-31-16-18-13-19(22(24,25)26)15-20(14-18)23(27,28)29/h8,10,12-15H,3-7,9,11,16H2,1-2H3. The molecule has 0 bridgehead atoms. The van der Waals surface area contributed by atoms with Gasteiger partial charge in [-0.25, -0.2) is 4.79 Å². The van der Waals surface area contributed by atoms with Crippen LogP contribution < -0.4 is 0 Å². The molecule has 1 aromatic rings. The summed E-state index contributed by atoms with van der Waals surface area (Å²) in [7, 11) is 0. The van der Waals surface area contributed by atoms with Crippen molar-refractivity contribution in [3.05, 3.63) is 58.7 Å². The van der Waals surface area contributed by atoms with Gasteiger partial charge in [0.05, 0.1) is 24.3 Å². The molecule has 9 heteroatoms. The van der Waals surface area contributed by atoms with Crippen LogP contribution in [0.2, 0.25) is 0 Å². The number of hydrogen-bond donors (Lipinski definition) is 0. The summed E-state index contributed by atoms with van der Waals surface area (Å²) >= 11 is 0. The van der Waals surface area contributed by atoms with E-state index in [1.54, 1.807) is 13.8 Å². The smallest absolute Gasteiger partial charge is 0.416 e. The second kappa shape index (κ2) is 13.3. The van der Waals surface area contributed by atoms with Crippen molar-refractivity contribution in [2.75, 3.05) is 13.2 Å². The lowest BCUT2D eigenvalue weighted by Crippen LogP contribution is -2.12. The summed E-state index contributed by atoms with van der Waals surface area (Å²) < 4.78 is 87.2. The van der Waals surface area contributed by atoms with Gasteiger partial charge in [0.15, 0.2) is 0 Å². The zero-order chi connectivity index (χ0) is 24.2. The highest BCUT2D eigenvalue weighted by atomic mass is 19.4. The first kappa shape index (κ1) is 27.7. The molecule has 0 spiro atoms. The van der Waals surface area contributed by atoms with Crippen molar-refractivity contribution >= 4 is 5.97 Å². The highest BCUT2D eigenvalue weighted by Crippen LogP contribution is 2.36. The molecule has 1 rings (SSSR count). The highest BCUT2D eigenvalue weighted by Gasteiger charge is 2.36. The van der Waals surface area contributed by atoms with E-state index in [0.717, 1.165) is 31.3 Å². The minimum absolute atomic E-state index is 0.103. The van der Waals surface area contributed by atoms with Crippen LogP contribution in [0.15, 0.2) is 42.0 Å². The van der Waals surface area contributed by atoms with Crippen LogP contribution >= 0.6 is 0 Å². The quantitative estimate of drug-likeness (QED) is 0.107. The van der Waals surface area contributed by atoms with Crippen molar-refractivity contribution in [2.24, 2.45) is 0 Å². The van der Waals surface area contributed by atoms with Gasteiger partial charge in [0.2, 0.25) is 0 Å². The van der Waals surface area contributed by atoms with Crippen molar-refractivity contribution in [1.82, 2.24) is 0 Å². The summed E-state index contributed by atoms with van der Waals surface area (Å²) in [5, 5.41) is 0. The predicted octanol–water partition coefficient (Wildman–Crippen LogP) is 7.26. The van der Waals surface area contributed by atoms with E-state index in [-0.39, 0.29) is 30.8 Å².